The van der Waals surface area contributed by atoms with Crippen LogP contribution in [0.3, 0.4) is 0 Å². The zero-order valence-corrected chi connectivity index (χ0v) is 16.7. The van der Waals surface area contributed by atoms with Gasteiger partial charge in [0.2, 0.25) is 5.91 Å². The Morgan fingerprint density at radius 2 is 1.90 bits per heavy atom. The Bertz CT molecular complexity index is 897. The standard InChI is InChI=1S/C24H28N2O3/c27-24(25-20-8-3-6-17-5-1-2-7-19(17)20)16-26-12-4-9-21(26)18-10-11-22-23(15-18)29-14-13-28-22/h1-2,5,7,10-11,15,20-21H,3-4,6,8-9,12-14,16H2,(H,25,27)/t20-,21-/m1/s1. The van der Waals surface area contributed by atoms with Crippen LogP contribution in [0.1, 0.15) is 54.5 Å². The van der Waals surface area contributed by atoms with Crippen molar-refractivity contribution in [1.29, 1.82) is 0 Å². The fraction of sp³-hybridized carbons (Fsp3) is 0.458. The SMILES string of the molecule is O=C(CN1CCC[C@@H]1c1ccc2c(c1)OCCO2)N[C@@H]1CCCc2ccccc21. The van der Waals surface area contributed by atoms with E-state index in [0.29, 0.717) is 19.8 Å². The summed E-state index contributed by atoms with van der Waals surface area (Å²) in [6, 6.07) is 15.1. The first-order valence-corrected chi connectivity index (χ1v) is 10.8. The molecule has 1 saturated heterocycles. The number of benzene rings is 2. The number of rotatable bonds is 4. The highest BCUT2D eigenvalue weighted by Gasteiger charge is 2.30. The van der Waals surface area contributed by atoms with Gasteiger partial charge in [-0.15, -0.1) is 0 Å². The molecule has 0 spiro atoms. The number of nitrogens with zero attached hydrogens (tertiary/aromatic N) is 1. The quantitative estimate of drug-likeness (QED) is 0.860. The maximum absolute atomic E-state index is 12.9. The molecule has 5 rings (SSSR count). The van der Waals surface area contributed by atoms with E-state index >= 15 is 0 Å². The van der Waals surface area contributed by atoms with Gasteiger partial charge in [0.1, 0.15) is 13.2 Å². The Morgan fingerprint density at radius 3 is 2.83 bits per heavy atom. The molecule has 2 atom stereocenters. The van der Waals surface area contributed by atoms with Crippen molar-refractivity contribution in [3.05, 3.63) is 59.2 Å². The van der Waals surface area contributed by atoms with E-state index in [2.05, 4.69) is 46.6 Å². The average Bonchev–Trinajstić information content (AvgIpc) is 3.21. The van der Waals surface area contributed by atoms with E-state index in [0.717, 1.165) is 50.1 Å². The number of nitrogens with one attached hydrogen (secondary N) is 1. The second-order valence-corrected chi connectivity index (χ2v) is 8.24. The zero-order chi connectivity index (χ0) is 19.6. The van der Waals surface area contributed by atoms with Gasteiger partial charge in [-0.3, -0.25) is 9.69 Å². The number of amides is 1. The van der Waals surface area contributed by atoms with E-state index in [1.165, 1.54) is 16.7 Å². The number of hydrogen-bond acceptors (Lipinski definition) is 4. The summed E-state index contributed by atoms with van der Waals surface area (Å²) in [5, 5.41) is 3.30. The summed E-state index contributed by atoms with van der Waals surface area (Å²) >= 11 is 0. The van der Waals surface area contributed by atoms with Gasteiger partial charge in [0, 0.05) is 6.04 Å². The number of carbonyl (C=O) groups is 1. The van der Waals surface area contributed by atoms with Crippen LogP contribution in [0, 0.1) is 0 Å². The summed E-state index contributed by atoms with van der Waals surface area (Å²) in [5.74, 6) is 1.76. The van der Waals surface area contributed by atoms with Crippen molar-refractivity contribution in [3.8, 4) is 11.5 Å². The molecule has 1 aliphatic carbocycles. The minimum atomic E-state index is 0.121. The summed E-state index contributed by atoms with van der Waals surface area (Å²) in [4.78, 5) is 15.2. The number of aryl methyl sites for hydroxylation is 1. The molecule has 2 aliphatic heterocycles. The summed E-state index contributed by atoms with van der Waals surface area (Å²) in [6.07, 6.45) is 5.44. The van der Waals surface area contributed by atoms with E-state index in [9.17, 15) is 4.79 Å². The number of ether oxygens (including phenoxy) is 2. The molecular weight excluding hydrogens is 364 g/mol. The first kappa shape index (κ1) is 18.5. The van der Waals surface area contributed by atoms with E-state index in [4.69, 9.17) is 9.47 Å². The third kappa shape index (κ3) is 3.84. The van der Waals surface area contributed by atoms with Crippen LogP contribution < -0.4 is 14.8 Å². The molecular formula is C24H28N2O3. The van der Waals surface area contributed by atoms with Crippen LogP contribution in [0.2, 0.25) is 0 Å². The van der Waals surface area contributed by atoms with Gasteiger partial charge in [0.05, 0.1) is 12.6 Å². The van der Waals surface area contributed by atoms with Crippen molar-refractivity contribution in [2.24, 2.45) is 0 Å². The third-order valence-corrected chi connectivity index (χ3v) is 6.37. The highest BCUT2D eigenvalue weighted by atomic mass is 16.6. The van der Waals surface area contributed by atoms with E-state index < -0.39 is 0 Å². The summed E-state index contributed by atoms with van der Waals surface area (Å²) < 4.78 is 11.4. The maximum atomic E-state index is 12.9. The lowest BCUT2D eigenvalue weighted by Gasteiger charge is -2.29. The van der Waals surface area contributed by atoms with Crippen LogP contribution >= 0.6 is 0 Å². The van der Waals surface area contributed by atoms with E-state index in [1.54, 1.807) is 0 Å². The molecule has 0 bridgehead atoms. The fourth-order valence-corrected chi connectivity index (χ4v) is 4.99. The Morgan fingerprint density at radius 1 is 1.03 bits per heavy atom. The number of likely N-dealkylation sites (tertiary alicyclic amines) is 1. The van der Waals surface area contributed by atoms with Gasteiger partial charge in [-0.05, 0) is 67.5 Å². The van der Waals surface area contributed by atoms with Crippen molar-refractivity contribution < 1.29 is 14.3 Å². The van der Waals surface area contributed by atoms with Crippen LogP contribution in [-0.2, 0) is 11.2 Å². The largest absolute Gasteiger partial charge is 0.486 e. The predicted molar refractivity (Wildman–Crippen MR) is 111 cm³/mol. The molecule has 2 heterocycles. The van der Waals surface area contributed by atoms with Gasteiger partial charge < -0.3 is 14.8 Å². The van der Waals surface area contributed by atoms with Gasteiger partial charge in [0.15, 0.2) is 11.5 Å². The number of carbonyl (C=O) groups excluding carboxylic acids is 1. The van der Waals surface area contributed by atoms with Gasteiger partial charge in [-0.1, -0.05) is 30.3 Å². The van der Waals surface area contributed by atoms with Crippen molar-refractivity contribution in [2.45, 2.75) is 44.2 Å². The molecule has 1 amide bonds. The van der Waals surface area contributed by atoms with Crippen LogP contribution in [0.5, 0.6) is 11.5 Å². The molecule has 2 aromatic carbocycles. The molecule has 1 N–H and O–H groups in total. The molecule has 5 heteroatoms. The molecule has 0 saturated carbocycles. The van der Waals surface area contributed by atoms with Crippen molar-refractivity contribution in [2.75, 3.05) is 26.3 Å². The minimum absolute atomic E-state index is 0.121. The van der Waals surface area contributed by atoms with Gasteiger partial charge in [-0.2, -0.15) is 0 Å². The first-order valence-electron chi connectivity index (χ1n) is 10.8. The summed E-state index contributed by atoms with van der Waals surface area (Å²) in [7, 11) is 0. The number of fused-ring (bicyclic) bond motifs is 2. The molecule has 2 aromatic rings. The number of hydrogen-bond donors (Lipinski definition) is 1. The Kier molecular flexibility index (Phi) is 5.15. The average molecular weight is 392 g/mol. The second-order valence-electron chi connectivity index (χ2n) is 8.24. The van der Waals surface area contributed by atoms with Gasteiger partial charge in [0.25, 0.3) is 0 Å². The lowest BCUT2D eigenvalue weighted by atomic mass is 9.88. The lowest BCUT2D eigenvalue weighted by Crippen LogP contribution is -2.39. The van der Waals surface area contributed by atoms with Crippen molar-refractivity contribution in [3.63, 3.8) is 0 Å². The zero-order valence-electron chi connectivity index (χ0n) is 16.7. The minimum Gasteiger partial charge on any atom is -0.486 e. The molecule has 29 heavy (non-hydrogen) atoms. The molecule has 5 nitrogen and oxygen atoms in total. The topological polar surface area (TPSA) is 50.8 Å². The van der Waals surface area contributed by atoms with Crippen molar-refractivity contribution in [1.82, 2.24) is 10.2 Å². The van der Waals surface area contributed by atoms with Crippen LogP contribution in [0.15, 0.2) is 42.5 Å². The van der Waals surface area contributed by atoms with E-state index in [-0.39, 0.29) is 18.0 Å². The van der Waals surface area contributed by atoms with Crippen LogP contribution in [0.25, 0.3) is 0 Å². The highest BCUT2D eigenvalue weighted by molar-refractivity contribution is 5.78. The Hall–Kier alpha value is -2.53. The van der Waals surface area contributed by atoms with Gasteiger partial charge in [-0.25, -0.2) is 0 Å². The van der Waals surface area contributed by atoms with Crippen molar-refractivity contribution >= 4 is 5.91 Å². The monoisotopic (exact) mass is 392 g/mol. The summed E-state index contributed by atoms with van der Waals surface area (Å²) in [5.41, 5.74) is 3.87. The molecule has 0 radical (unpaired) electrons. The first-order chi connectivity index (χ1) is 14.3. The Labute approximate surface area is 172 Å². The third-order valence-electron chi connectivity index (χ3n) is 6.37. The van der Waals surface area contributed by atoms with Gasteiger partial charge >= 0.3 is 0 Å². The summed E-state index contributed by atoms with van der Waals surface area (Å²) in [6.45, 7) is 2.59. The molecule has 3 aliphatic rings. The highest BCUT2D eigenvalue weighted by Crippen LogP contribution is 2.38. The normalized spacial score (nSPS) is 23.4. The molecule has 0 unspecified atom stereocenters. The van der Waals surface area contributed by atoms with E-state index in [1.807, 2.05) is 6.07 Å². The smallest absolute Gasteiger partial charge is 0.234 e. The predicted octanol–water partition coefficient (Wildman–Crippen LogP) is 3.79. The molecule has 1 fully saturated rings. The Balaban J connectivity index is 1.26. The fourth-order valence-electron chi connectivity index (χ4n) is 4.99. The van der Waals surface area contributed by atoms with Crippen LogP contribution in [-0.4, -0.2) is 37.1 Å². The molecule has 152 valence electrons. The maximum Gasteiger partial charge on any atom is 0.234 e. The second kappa shape index (κ2) is 8.07. The molecule has 0 aromatic heterocycles. The lowest BCUT2D eigenvalue weighted by molar-refractivity contribution is -0.123. The van der Waals surface area contributed by atoms with Crippen LogP contribution in [0.4, 0.5) is 0 Å².